The summed E-state index contributed by atoms with van der Waals surface area (Å²) in [5.74, 6) is -2.02. The topological polar surface area (TPSA) is 107 Å². The van der Waals surface area contributed by atoms with E-state index in [1.54, 1.807) is 6.07 Å². The molecule has 0 aromatic heterocycles. The molecule has 1 aliphatic carbocycles. The summed E-state index contributed by atoms with van der Waals surface area (Å²) in [6.07, 6.45) is 4.19. The van der Waals surface area contributed by atoms with Crippen LogP contribution < -0.4 is 5.32 Å². The van der Waals surface area contributed by atoms with Gasteiger partial charge in [-0.3, -0.25) is 14.9 Å². The Morgan fingerprint density at radius 1 is 1.21 bits per heavy atom. The number of carboxylic acid groups (broad SMARTS) is 2. The highest BCUT2D eigenvalue weighted by Gasteiger charge is 2.37. The number of hydrogen-bond acceptors (Lipinski definition) is 4. The number of rotatable bonds is 7. The van der Waals surface area contributed by atoms with Crippen molar-refractivity contribution in [1.82, 2.24) is 5.32 Å². The minimum atomic E-state index is -1.03. The number of aromatic hydroxyl groups is 1. The van der Waals surface area contributed by atoms with E-state index in [2.05, 4.69) is 5.32 Å². The molecule has 7 heteroatoms. The van der Waals surface area contributed by atoms with E-state index in [0.717, 1.165) is 19.3 Å². The van der Waals surface area contributed by atoms with Crippen LogP contribution >= 0.6 is 11.6 Å². The van der Waals surface area contributed by atoms with Crippen molar-refractivity contribution in [2.24, 2.45) is 0 Å². The normalized spacial score (nSPS) is 18.0. The van der Waals surface area contributed by atoms with E-state index < -0.39 is 23.5 Å². The second kappa shape index (κ2) is 7.85. The third-order valence-corrected chi connectivity index (χ3v) is 4.83. The summed E-state index contributed by atoms with van der Waals surface area (Å²) in [5, 5.41) is 31.5. The zero-order chi connectivity index (χ0) is 17.7. The van der Waals surface area contributed by atoms with Gasteiger partial charge in [-0.15, -0.1) is 0 Å². The van der Waals surface area contributed by atoms with Crippen molar-refractivity contribution in [3.05, 3.63) is 28.8 Å². The fourth-order valence-corrected chi connectivity index (χ4v) is 3.58. The Kier molecular flexibility index (Phi) is 6.07. The van der Waals surface area contributed by atoms with Crippen molar-refractivity contribution in [1.29, 1.82) is 0 Å². The van der Waals surface area contributed by atoms with Gasteiger partial charge in [0.15, 0.2) is 0 Å². The lowest BCUT2D eigenvalue weighted by atomic mass is 9.78. The molecule has 1 aromatic carbocycles. The molecule has 0 bridgehead atoms. The lowest BCUT2D eigenvalue weighted by Crippen LogP contribution is -2.55. The number of halogens is 1. The highest BCUT2D eigenvalue weighted by atomic mass is 35.5. The number of carbonyl (C=O) groups is 2. The molecule has 4 N–H and O–H groups in total. The second-order valence-corrected chi connectivity index (χ2v) is 6.84. The molecule has 6 nitrogen and oxygen atoms in total. The maximum absolute atomic E-state index is 11.7. The van der Waals surface area contributed by atoms with Crippen LogP contribution in [0.5, 0.6) is 5.75 Å². The van der Waals surface area contributed by atoms with Gasteiger partial charge in [-0.25, -0.2) is 0 Å². The summed E-state index contributed by atoms with van der Waals surface area (Å²) in [4.78, 5) is 22.9. The Bertz CT molecular complexity index is 613. The van der Waals surface area contributed by atoms with Crippen molar-refractivity contribution in [3.8, 4) is 5.75 Å². The molecule has 0 spiro atoms. The highest BCUT2D eigenvalue weighted by molar-refractivity contribution is 6.32. The summed E-state index contributed by atoms with van der Waals surface area (Å²) in [6.45, 7) is 0. The Labute approximate surface area is 145 Å². The largest absolute Gasteiger partial charge is 0.506 e. The van der Waals surface area contributed by atoms with Crippen molar-refractivity contribution < 1.29 is 24.9 Å². The van der Waals surface area contributed by atoms with Crippen molar-refractivity contribution in [2.45, 2.75) is 56.5 Å². The summed E-state index contributed by atoms with van der Waals surface area (Å²) in [7, 11) is 0. The predicted molar refractivity (Wildman–Crippen MR) is 89.4 cm³/mol. The number of phenols is 1. The minimum absolute atomic E-state index is 0.0603. The van der Waals surface area contributed by atoms with Gasteiger partial charge < -0.3 is 15.3 Å². The molecular formula is C17H22ClNO5. The summed E-state index contributed by atoms with van der Waals surface area (Å²) in [6, 6.07) is 3.65. The Balaban J connectivity index is 2.17. The first kappa shape index (κ1) is 18.5. The molecule has 0 amide bonds. The fourth-order valence-electron chi connectivity index (χ4n) is 3.37. The zero-order valence-corrected chi connectivity index (χ0v) is 14.1. The predicted octanol–water partition coefficient (Wildman–Crippen LogP) is 2.81. The third kappa shape index (κ3) is 4.85. The molecule has 1 aliphatic rings. The summed E-state index contributed by atoms with van der Waals surface area (Å²) in [5.41, 5.74) is -0.0209. The first-order valence-electron chi connectivity index (χ1n) is 8.01. The van der Waals surface area contributed by atoms with Gasteiger partial charge in [-0.05, 0) is 37.0 Å². The van der Waals surface area contributed by atoms with Crippen LogP contribution in [0.15, 0.2) is 18.2 Å². The maximum Gasteiger partial charge on any atom is 0.321 e. The second-order valence-electron chi connectivity index (χ2n) is 6.44. The van der Waals surface area contributed by atoms with Gasteiger partial charge in [0.2, 0.25) is 0 Å². The van der Waals surface area contributed by atoms with Crippen LogP contribution in [0.25, 0.3) is 0 Å². The number of aliphatic carboxylic acids is 2. The van der Waals surface area contributed by atoms with Crippen molar-refractivity contribution in [2.75, 3.05) is 0 Å². The van der Waals surface area contributed by atoms with Gasteiger partial charge in [0.1, 0.15) is 11.8 Å². The van der Waals surface area contributed by atoms with Crippen LogP contribution in [0.3, 0.4) is 0 Å². The number of benzene rings is 1. The monoisotopic (exact) mass is 355 g/mol. The Hall–Kier alpha value is -1.79. The Morgan fingerprint density at radius 2 is 1.88 bits per heavy atom. The SMILES string of the molecule is O=C(O)CC1(N[C@@H](Cc2ccc(O)c(Cl)c2)C(=O)O)CCCCC1. The smallest absolute Gasteiger partial charge is 0.321 e. The molecule has 1 saturated carbocycles. The van der Waals surface area contributed by atoms with E-state index in [4.69, 9.17) is 11.6 Å². The van der Waals surface area contributed by atoms with Crippen LogP contribution in [0.1, 0.15) is 44.1 Å². The molecular weight excluding hydrogens is 334 g/mol. The molecule has 132 valence electrons. The molecule has 0 unspecified atom stereocenters. The standard InChI is InChI=1S/C17H22ClNO5/c18-12-8-11(4-5-14(12)20)9-13(16(23)24)19-17(10-15(21)22)6-2-1-3-7-17/h4-5,8,13,19-20H,1-3,6-7,9-10H2,(H,21,22)(H,23,24)/t13-/m0/s1. The van der Waals surface area contributed by atoms with Crippen LogP contribution in [0.4, 0.5) is 0 Å². The maximum atomic E-state index is 11.7. The van der Waals surface area contributed by atoms with Crippen molar-refractivity contribution >= 4 is 23.5 Å². The average Bonchev–Trinajstić information content (AvgIpc) is 2.50. The van der Waals surface area contributed by atoms with E-state index in [9.17, 15) is 24.9 Å². The zero-order valence-electron chi connectivity index (χ0n) is 13.3. The Morgan fingerprint density at radius 3 is 2.42 bits per heavy atom. The fraction of sp³-hybridized carbons (Fsp3) is 0.529. The number of carboxylic acids is 2. The highest BCUT2D eigenvalue weighted by Crippen LogP contribution is 2.32. The average molecular weight is 356 g/mol. The lowest BCUT2D eigenvalue weighted by molar-refractivity contribution is -0.143. The van der Waals surface area contributed by atoms with E-state index >= 15 is 0 Å². The van der Waals surface area contributed by atoms with Crippen LogP contribution in [-0.4, -0.2) is 38.8 Å². The molecule has 0 heterocycles. The molecule has 1 atom stereocenters. The number of phenolic OH excluding ortho intramolecular Hbond substituents is 1. The lowest BCUT2D eigenvalue weighted by Gasteiger charge is -2.39. The van der Waals surface area contributed by atoms with Crippen molar-refractivity contribution in [3.63, 3.8) is 0 Å². The molecule has 0 aliphatic heterocycles. The number of hydrogen-bond donors (Lipinski definition) is 4. The van der Waals surface area contributed by atoms with E-state index in [1.807, 2.05) is 0 Å². The van der Waals surface area contributed by atoms with Crippen LogP contribution in [0.2, 0.25) is 5.02 Å². The number of nitrogens with one attached hydrogen (secondary N) is 1. The van der Waals surface area contributed by atoms with E-state index in [-0.39, 0.29) is 23.6 Å². The first-order valence-corrected chi connectivity index (χ1v) is 8.39. The van der Waals surface area contributed by atoms with E-state index in [1.165, 1.54) is 12.1 Å². The summed E-state index contributed by atoms with van der Waals surface area (Å²) < 4.78 is 0. The van der Waals surface area contributed by atoms with Gasteiger partial charge in [0.05, 0.1) is 11.4 Å². The third-order valence-electron chi connectivity index (χ3n) is 4.53. The molecule has 1 aromatic rings. The van der Waals surface area contributed by atoms with Crippen LogP contribution in [-0.2, 0) is 16.0 Å². The van der Waals surface area contributed by atoms with Crippen LogP contribution in [0, 0.1) is 0 Å². The van der Waals surface area contributed by atoms with E-state index in [0.29, 0.717) is 18.4 Å². The molecule has 1 fully saturated rings. The van der Waals surface area contributed by atoms with Gasteiger partial charge >= 0.3 is 11.9 Å². The minimum Gasteiger partial charge on any atom is -0.506 e. The molecule has 2 rings (SSSR count). The van der Waals surface area contributed by atoms with Gasteiger partial charge in [-0.2, -0.15) is 0 Å². The molecule has 0 saturated heterocycles. The van der Waals surface area contributed by atoms with Gasteiger partial charge in [0.25, 0.3) is 0 Å². The summed E-state index contributed by atoms with van der Waals surface area (Å²) >= 11 is 5.87. The van der Waals surface area contributed by atoms with Gasteiger partial charge in [0, 0.05) is 5.54 Å². The van der Waals surface area contributed by atoms with Gasteiger partial charge in [-0.1, -0.05) is 36.9 Å². The quantitative estimate of drug-likeness (QED) is 0.599. The first-order chi connectivity index (χ1) is 11.3. The molecule has 0 radical (unpaired) electrons. The molecule has 24 heavy (non-hydrogen) atoms.